The van der Waals surface area contributed by atoms with Crippen molar-refractivity contribution in [3.63, 3.8) is 0 Å². The van der Waals surface area contributed by atoms with Crippen molar-refractivity contribution in [1.29, 1.82) is 0 Å². The monoisotopic (exact) mass is 98.0 g/mol. The minimum atomic E-state index is -1.69. The van der Waals surface area contributed by atoms with Gasteiger partial charge in [-0.05, 0) is 5.92 Å². The van der Waals surface area contributed by atoms with Crippen LogP contribution in [0.15, 0.2) is 0 Å². The molecule has 0 saturated carbocycles. The predicted octanol–water partition coefficient (Wildman–Crippen LogP) is -1.80. The molecule has 0 bridgehead atoms. The number of carbonyl (C=O) groups excluding carboxylic acids is 1. The Morgan fingerprint density at radius 1 is 1.57 bits per heavy atom. The van der Waals surface area contributed by atoms with Crippen molar-refractivity contribution in [1.82, 2.24) is 0 Å². The molecular formula is C3H3BO3. The lowest BCUT2D eigenvalue weighted by Crippen LogP contribution is -2.06. The number of hydrogen-bond acceptors (Lipinski definition) is 3. The van der Waals surface area contributed by atoms with Gasteiger partial charge in [-0.1, -0.05) is 5.82 Å². The number of rotatable bonds is 0. The van der Waals surface area contributed by atoms with Crippen LogP contribution in [-0.2, 0) is 4.79 Å². The maximum Gasteiger partial charge on any atom is 0.545 e. The standard InChI is InChI=1S/C3H3BO3/c5-3-1-2-4(6)7/h3,6-7H. The van der Waals surface area contributed by atoms with E-state index in [4.69, 9.17) is 10.0 Å². The predicted molar refractivity (Wildman–Crippen MR) is 24.0 cm³/mol. The van der Waals surface area contributed by atoms with Crippen molar-refractivity contribution in [3.05, 3.63) is 0 Å². The van der Waals surface area contributed by atoms with E-state index >= 15 is 0 Å². The lowest BCUT2D eigenvalue weighted by Gasteiger charge is -1.73. The topological polar surface area (TPSA) is 57.5 Å². The van der Waals surface area contributed by atoms with Gasteiger partial charge in [0.2, 0.25) is 0 Å². The zero-order chi connectivity index (χ0) is 5.70. The van der Waals surface area contributed by atoms with Crippen LogP contribution < -0.4 is 0 Å². The smallest absolute Gasteiger partial charge is 0.416 e. The molecule has 0 aromatic heterocycles. The first kappa shape index (κ1) is 6.21. The van der Waals surface area contributed by atoms with E-state index in [9.17, 15) is 4.79 Å². The largest absolute Gasteiger partial charge is 0.545 e. The average molecular weight is 97.9 g/mol. The summed E-state index contributed by atoms with van der Waals surface area (Å²) >= 11 is 0. The Kier molecular flexibility index (Phi) is 3.02. The quantitative estimate of drug-likeness (QED) is 0.213. The molecular weight excluding hydrogens is 94.8 g/mol. The second-order valence-electron chi connectivity index (χ2n) is 0.780. The van der Waals surface area contributed by atoms with Gasteiger partial charge < -0.3 is 10.0 Å². The van der Waals surface area contributed by atoms with Crippen molar-refractivity contribution >= 4 is 13.4 Å². The summed E-state index contributed by atoms with van der Waals surface area (Å²) in [5.41, 5.74) is 0. The van der Waals surface area contributed by atoms with Gasteiger partial charge in [0.1, 0.15) is 0 Å². The fourth-order valence-corrected chi connectivity index (χ4v) is 0.109. The highest BCUT2D eigenvalue weighted by Gasteiger charge is 1.95. The molecule has 4 heteroatoms. The van der Waals surface area contributed by atoms with Crippen LogP contribution in [0.4, 0.5) is 0 Å². The van der Waals surface area contributed by atoms with Gasteiger partial charge in [-0.25, -0.2) is 0 Å². The van der Waals surface area contributed by atoms with Crippen LogP contribution in [0.2, 0.25) is 0 Å². The highest BCUT2D eigenvalue weighted by atomic mass is 16.4. The Morgan fingerprint density at radius 2 is 2.14 bits per heavy atom. The zero-order valence-electron chi connectivity index (χ0n) is 3.46. The van der Waals surface area contributed by atoms with E-state index in [-0.39, 0.29) is 0 Å². The second kappa shape index (κ2) is 3.41. The lowest BCUT2D eigenvalue weighted by molar-refractivity contribution is -0.103. The molecule has 0 saturated heterocycles. The van der Waals surface area contributed by atoms with Gasteiger partial charge in [0.15, 0.2) is 6.29 Å². The van der Waals surface area contributed by atoms with E-state index in [1.165, 1.54) is 0 Å². The van der Waals surface area contributed by atoms with Crippen LogP contribution in [0.25, 0.3) is 0 Å². The number of hydrogen-bond donors (Lipinski definition) is 2. The third-order valence-electron chi connectivity index (χ3n) is 0.271. The Bertz CT molecular complexity index is 109. The van der Waals surface area contributed by atoms with Gasteiger partial charge in [-0.2, -0.15) is 0 Å². The van der Waals surface area contributed by atoms with E-state index in [2.05, 4.69) is 0 Å². The SMILES string of the molecule is O=CC#CB(O)O. The lowest BCUT2D eigenvalue weighted by atomic mass is 9.94. The molecule has 0 aromatic carbocycles. The summed E-state index contributed by atoms with van der Waals surface area (Å²) in [6.45, 7) is 0. The van der Waals surface area contributed by atoms with Crippen molar-refractivity contribution in [2.24, 2.45) is 0 Å². The molecule has 0 aromatic rings. The molecule has 36 valence electrons. The molecule has 7 heavy (non-hydrogen) atoms. The van der Waals surface area contributed by atoms with E-state index in [0.717, 1.165) is 0 Å². The van der Waals surface area contributed by atoms with Gasteiger partial charge in [-0.15, -0.1) is 0 Å². The Labute approximate surface area is 41.1 Å². The van der Waals surface area contributed by atoms with Crippen LogP contribution in [0, 0.1) is 11.7 Å². The molecule has 3 nitrogen and oxygen atoms in total. The summed E-state index contributed by atoms with van der Waals surface area (Å²) < 4.78 is 0. The number of carbonyl (C=O) groups is 1. The Morgan fingerprint density at radius 3 is 2.29 bits per heavy atom. The second-order valence-corrected chi connectivity index (χ2v) is 0.780. The van der Waals surface area contributed by atoms with Crippen LogP contribution in [0.1, 0.15) is 0 Å². The first-order valence-electron chi connectivity index (χ1n) is 1.58. The molecule has 0 spiro atoms. The molecule has 2 N–H and O–H groups in total. The fourth-order valence-electron chi connectivity index (χ4n) is 0.109. The van der Waals surface area contributed by atoms with Crippen LogP contribution in [-0.4, -0.2) is 23.5 Å². The highest BCUT2D eigenvalue weighted by Crippen LogP contribution is 1.56. The van der Waals surface area contributed by atoms with Crippen molar-refractivity contribution in [2.45, 2.75) is 0 Å². The van der Waals surface area contributed by atoms with Crippen molar-refractivity contribution in [2.75, 3.05) is 0 Å². The molecule has 0 heterocycles. The summed E-state index contributed by atoms with van der Waals surface area (Å²) in [4.78, 5) is 9.31. The Hall–Kier alpha value is -0.785. The summed E-state index contributed by atoms with van der Waals surface area (Å²) in [5.74, 6) is 3.61. The molecule has 0 unspecified atom stereocenters. The van der Waals surface area contributed by atoms with E-state index in [1.807, 2.05) is 5.92 Å². The normalized spacial score (nSPS) is 6.00. The van der Waals surface area contributed by atoms with E-state index in [1.54, 1.807) is 5.82 Å². The third-order valence-corrected chi connectivity index (χ3v) is 0.271. The molecule has 0 radical (unpaired) electrons. The molecule has 0 aliphatic rings. The van der Waals surface area contributed by atoms with Gasteiger partial charge in [-0.3, -0.25) is 4.79 Å². The molecule has 0 amide bonds. The van der Waals surface area contributed by atoms with Crippen LogP contribution >= 0.6 is 0 Å². The van der Waals surface area contributed by atoms with E-state index < -0.39 is 7.12 Å². The minimum absolute atomic E-state index is 0.291. The average Bonchev–Trinajstić information content (AvgIpc) is 1.61. The van der Waals surface area contributed by atoms with E-state index in [0.29, 0.717) is 6.29 Å². The van der Waals surface area contributed by atoms with Crippen molar-refractivity contribution < 1.29 is 14.8 Å². The van der Waals surface area contributed by atoms with Gasteiger partial charge in [0.25, 0.3) is 0 Å². The van der Waals surface area contributed by atoms with Gasteiger partial charge in [0.05, 0.1) is 0 Å². The Balaban J connectivity index is 3.43. The molecule has 0 atom stereocenters. The van der Waals surface area contributed by atoms with Gasteiger partial charge in [0, 0.05) is 0 Å². The highest BCUT2D eigenvalue weighted by molar-refractivity contribution is 6.51. The minimum Gasteiger partial charge on any atom is -0.416 e. The van der Waals surface area contributed by atoms with Gasteiger partial charge >= 0.3 is 7.12 Å². The molecule has 0 fully saturated rings. The van der Waals surface area contributed by atoms with Crippen molar-refractivity contribution in [3.8, 4) is 11.7 Å². The fraction of sp³-hybridized carbons (Fsp3) is 0. The number of aldehydes is 1. The van der Waals surface area contributed by atoms with Crippen LogP contribution in [0.5, 0.6) is 0 Å². The maximum atomic E-state index is 9.31. The summed E-state index contributed by atoms with van der Waals surface area (Å²) in [5, 5.41) is 15.8. The molecule has 0 aliphatic heterocycles. The van der Waals surface area contributed by atoms with Crippen LogP contribution in [0.3, 0.4) is 0 Å². The summed E-state index contributed by atoms with van der Waals surface area (Å²) in [7, 11) is -1.69. The first-order valence-corrected chi connectivity index (χ1v) is 1.58. The molecule has 0 rings (SSSR count). The molecule has 0 aliphatic carbocycles. The summed E-state index contributed by atoms with van der Waals surface area (Å²) in [6, 6.07) is 0. The third kappa shape index (κ3) is 5.21. The maximum absolute atomic E-state index is 9.31. The summed E-state index contributed by atoms with van der Waals surface area (Å²) in [6.07, 6.45) is 0.291. The zero-order valence-corrected chi connectivity index (χ0v) is 3.46. The first-order chi connectivity index (χ1) is 3.27.